The fraction of sp³-hybridized carbons (Fsp3) is 0.538. The number of aryl methyl sites for hydroxylation is 1. The van der Waals surface area contributed by atoms with Crippen molar-refractivity contribution in [2.75, 3.05) is 26.2 Å². The molecule has 2 atom stereocenters. The van der Waals surface area contributed by atoms with Gasteiger partial charge in [-0.25, -0.2) is 0 Å². The van der Waals surface area contributed by atoms with Crippen molar-refractivity contribution in [3.63, 3.8) is 0 Å². The summed E-state index contributed by atoms with van der Waals surface area (Å²) < 4.78 is 0. The van der Waals surface area contributed by atoms with E-state index in [1.54, 1.807) is 22.3 Å². The van der Waals surface area contributed by atoms with Crippen molar-refractivity contribution in [2.45, 2.75) is 62.8 Å². The molecule has 0 aromatic heterocycles. The molecule has 0 amide bonds. The van der Waals surface area contributed by atoms with Crippen LogP contribution in [0.3, 0.4) is 0 Å². The molecule has 0 radical (unpaired) electrons. The zero-order valence-electron chi connectivity index (χ0n) is 17.1. The second kappa shape index (κ2) is 8.00. The van der Waals surface area contributed by atoms with Crippen LogP contribution in [0.5, 0.6) is 0 Å². The van der Waals surface area contributed by atoms with Gasteiger partial charge < -0.3 is 5.32 Å². The maximum atomic E-state index is 3.70. The SMILES string of the molecule is c1ccc2c(c1)CCC1(CCCCN1CCC1CNCCc3ccccc31)C2. The first kappa shape index (κ1) is 18.4. The highest BCUT2D eigenvalue weighted by atomic mass is 15.2. The fourth-order valence-corrected chi connectivity index (χ4v) is 6.11. The summed E-state index contributed by atoms with van der Waals surface area (Å²) in [5, 5.41) is 3.70. The maximum absolute atomic E-state index is 3.70. The van der Waals surface area contributed by atoms with E-state index >= 15 is 0 Å². The van der Waals surface area contributed by atoms with Gasteiger partial charge in [0.2, 0.25) is 0 Å². The molecule has 2 nitrogen and oxygen atoms in total. The minimum Gasteiger partial charge on any atom is -0.316 e. The molecule has 148 valence electrons. The molecule has 0 bridgehead atoms. The first-order valence-corrected chi connectivity index (χ1v) is 11.4. The Balaban J connectivity index is 1.33. The Kier molecular flexibility index (Phi) is 5.26. The average molecular weight is 375 g/mol. The maximum Gasteiger partial charge on any atom is 0.0253 e. The van der Waals surface area contributed by atoms with Crippen LogP contribution in [0.2, 0.25) is 0 Å². The molecule has 2 aliphatic heterocycles. The van der Waals surface area contributed by atoms with Crippen LogP contribution in [0.25, 0.3) is 0 Å². The Morgan fingerprint density at radius 2 is 1.71 bits per heavy atom. The molecular weight excluding hydrogens is 340 g/mol. The van der Waals surface area contributed by atoms with E-state index in [9.17, 15) is 0 Å². The quantitative estimate of drug-likeness (QED) is 0.836. The Hall–Kier alpha value is -1.64. The lowest BCUT2D eigenvalue weighted by atomic mass is 9.72. The third-order valence-corrected chi connectivity index (χ3v) is 7.69. The Labute approximate surface area is 170 Å². The highest BCUT2D eigenvalue weighted by Crippen LogP contribution is 2.40. The summed E-state index contributed by atoms with van der Waals surface area (Å²) in [6, 6.07) is 18.4. The van der Waals surface area contributed by atoms with Gasteiger partial charge in [0.05, 0.1) is 0 Å². The van der Waals surface area contributed by atoms with Gasteiger partial charge in [-0.3, -0.25) is 4.90 Å². The van der Waals surface area contributed by atoms with E-state index in [4.69, 9.17) is 0 Å². The van der Waals surface area contributed by atoms with Crippen LogP contribution in [0, 0.1) is 0 Å². The summed E-state index contributed by atoms with van der Waals surface area (Å²) >= 11 is 0. The standard InChI is InChI=1S/C26H34N2/c1-2-9-23-19-26(15-11-21(23)7-1)14-5-6-17-28(26)18-13-24-20-27-16-12-22-8-3-4-10-25(22)24/h1-4,7-10,24,27H,5-6,11-20H2. The van der Waals surface area contributed by atoms with Crippen molar-refractivity contribution < 1.29 is 0 Å². The molecule has 1 aliphatic carbocycles. The van der Waals surface area contributed by atoms with Crippen LogP contribution in [0.15, 0.2) is 48.5 Å². The van der Waals surface area contributed by atoms with Gasteiger partial charge in [0.1, 0.15) is 0 Å². The smallest absolute Gasteiger partial charge is 0.0253 e. The molecule has 1 N–H and O–H groups in total. The van der Waals surface area contributed by atoms with Gasteiger partial charge in [-0.05, 0) is 92.8 Å². The normalized spacial score (nSPS) is 27.8. The van der Waals surface area contributed by atoms with E-state index in [0.29, 0.717) is 11.5 Å². The minimum atomic E-state index is 0.421. The number of fused-ring (bicyclic) bond motifs is 2. The minimum absolute atomic E-state index is 0.421. The van der Waals surface area contributed by atoms with Crippen LogP contribution in [-0.2, 0) is 19.3 Å². The van der Waals surface area contributed by atoms with E-state index in [-0.39, 0.29) is 0 Å². The van der Waals surface area contributed by atoms with Gasteiger partial charge in [0.15, 0.2) is 0 Å². The number of hydrogen-bond acceptors (Lipinski definition) is 2. The molecule has 3 aliphatic rings. The Morgan fingerprint density at radius 3 is 2.64 bits per heavy atom. The predicted octanol–water partition coefficient (Wildman–Crippen LogP) is 4.72. The number of likely N-dealkylation sites (tertiary alicyclic amines) is 1. The van der Waals surface area contributed by atoms with E-state index in [1.807, 2.05) is 0 Å². The highest BCUT2D eigenvalue weighted by Gasteiger charge is 2.41. The second-order valence-electron chi connectivity index (χ2n) is 9.25. The van der Waals surface area contributed by atoms with Crippen molar-refractivity contribution in [3.05, 3.63) is 70.8 Å². The van der Waals surface area contributed by atoms with Crippen molar-refractivity contribution in [1.82, 2.24) is 10.2 Å². The van der Waals surface area contributed by atoms with Crippen molar-refractivity contribution >= 4 is 0 Å². The lowest BCUT2D eigenvalue weighted by molar-refractivity contribution is 0.0314. The van der Waals surface area contributed by atoms with E-state index < -0.39 is 0 Å². The molecule has 28 heavy (non-hydrogen) atoms. The predicted molar refractivity (Wildman–Crippen MR) is 117 cm³/mol. The lowest BCUT2D eigenvalue weighted by Crippen LogP contribution is -2.55. The Bertz CT molecular complexity index is 814. The van der Waals surface area contributed by atoms with Crippen molar-refractivity contribution in [2.24, 2.45) is 0 Å². The summed E-state index contributed by atoms with van der Waals surface area (Å²) in [5.41, 5.74) is 6.80. The third-order valence-electron chi connectivity index (χ3n) is 7.69. The summed E-state index contributed by atoms with van der Waals surface area (Å²) in [5.74, 6) is 0.661. The van der Waals surface area contributed by atoms with Gasteiger partial charge in [0, 0.05) is 12.1 Å². The van der Waals surface area contributed by atoms with Gasteiger partial charge >= 0.3 is 0 Å². The van der Waals surface area contributed by atoms with Gasteiger partial charge in [-0.1, -0.05) is 55.0 Å². The topological polar surface area (TPSA) is 15.3 Å². The molecule has 2 aromatic carbocycles. The van der Waals surface area contributed by atoms with Gasteiger partial charge in [0.25, 0.3) is 0 Å². The summed E-state index contributed by atoms with van der Waals surface area (Å²) in [7, 11) is 0. The first-order valence-electron chi connectivity index (χ1n) is 11.4. The van der Waals surface area contributed by atoms with Crippen LogP contribution in [-0.4, -0.2) is 36.6 Å². The van der Waals surface area contributed by atoms with E-state index in [0.717, 1.165) is 13.1 Å². The highest BCUT2D eigenvalue weighted by molar-refractivity contribution is 5.33. The third kappa shape index (κ3) is 3.53. The zero-order chi connectivity index (χ0) is 18.8. The van der Waals surface area contributed by atoms with E-state index in [2.05, 4.69) is 58.7 Å². The molecule has 5 rings (SSSR count). The largest absolute Gasteiger partial charge is 0.316 e. The molecule has 2 heteroatoms. The summed E-state index contributed by atoms with van der Waals surface area (Å²) in [4.78, 5) is 2.90. The summed E-state index contributed by atoms with van der Waals surface area (Å²) in [6.07, 6.45) is 10.5. The number of piperidine rings is 1. The van der Waals surface area contributed by atoms with Crippen LogP contribution >= 0.6 is 0 Å². The molecule has 2 aromatic rings. The zero-order valence-corrected chi connectivity index (χ0v) is 17.1. The lowest BCUT2D eigenvalue weighted by Gasteiger charge is -2.50. The average Bonchev–Trinajstić information content (AvgIpc) is 2.95. The van der Waals surface area contributed by atoms with E-state index in [1.165, 1.54) is 64.5 Å². The monoisotopic (exact) mass is 374 g/mol. The van der Waals surface area contributed by atoms with Crippen molar-refractivity contribution in [3.8, 4) is 0 Å². The summed E-state index contributed by atoms with van der Waals surface area (Å²) in [6.45, 7) is 4.81. The number of nitrogens with zero attached hydrogens (tertiary/aromatic N) is 1. The number of hydrogen-bond donors (Lipinski definition) is 1. The number of benzene rings is 2. The molecular formula is C26H34N2. The fourth-order valence-electron chi connectivity index (χ4n) is 6.11. The van der Waals surface area contributed by atoms with Crippen molar-refractivity contribution in [1.29, 1.82) is 0 Å². The molecule has 0 saturated carbocycles. The molecule has 1 spiro atoms. The molecule has 1 saturated heterocycles. The number of rotatable bonds is 3. The van der Waals surface area contributed by atoms with Gasteiger partial charge in [-0.2, -0.15) is 0 Å². The Morgan fingerprint density at radius 1 is 0.893 bits per heavy atom. The van der Waals surface area contributed by atoms with Crippen LogP contribution < -0.4 is 5.32 Å². The number of nitrogens with one attached hydrogen (secondary N) is 1. The second-order valence-corrected chi connectivity index (χ2v) is 9.25. The van der Waals surface area contributed by atoms with Gasteiger partial charge in [-0.15, -0.1) is 0 Å². The van der Waals surface area contributed by atoms with Crippen LogP contribution in [0.1, 0.15) is 60.3 Å². The molecule has 2 unspecified atom stereocenters. The molecule has 1 fully saturated rings. The first-order chi connectivity index (χ1) is 13.8. The molecule has 2 heterocycles. The van der Waals surface area contributed by atoms with Crippen LogP contribution in [0.4, 0.5) is 0 Å².